The molecule has 0 aliphatic carbocycles. The maximum atomic E-state index is 13.4. The molecule has 1 N–H and O–H groups in total. The summed E-state index contributed by atoms with van der Waals surface area (Å²) in [5.41, 5.74) is 1.86. The Morgan fingerprint density at radius 1 is 1.03 bits per heavy atom. The van der Waals surface area contributed by atoms with Gasteiger partial charge in [-0.2, -0.15) is 0 Å². The average Bonchev–Trinajstić information content (AvgIpc) is 3.20. The molecule has 0 fully saturated rings. The van der Waals surface area contributed by atoms with Gasteiger partial charge in [-0.05, 0) is 52.8 Å². The largest absolute Gasteiger partial charge is 0.321 e. The monoisotopic (exact) mass is 422 g/mol. The van der Waals surface area contributed by atoms with Crippen LogP contribution in [0.5, 0.6) is 0 Å². The van der Waals surface area contributed by atoms with Crippen molar-refractivity contribution in [3.63, 3.8) is 0 Å². The lowest BCUT2D eigenvalue weighted by molar-refractivity contribution is -0.110. The van der Waals surface area contributed by atoms with Crippen LogP contribution >= 0.6 is 11.3 Å². The molecule has 3 aromatic rings. The molecule has 0 radical (unpaired) electrons. The molecule has 3 rings (SSSR count). The highest BCUT2D eigenvalue weighted by Crippen LogP contribution is 2.22. The first-order chi connectivity index (χ1) is 14.2. The van der Waals surface area contributed by atoms with Gasteiger partial charge in [0.2, 0.25) is 0 Å². The molecular formula is C24H23FN2O2S. The fourth-order valence-corrected chi connectivity index (χ4v) is 3.53. The number of thiophene rings is 1. The topological polar surface area (TPSA) is 58.5 Å². The maximum absolute atomic E-state index is 13.4. The van der Waals surface area contributed by atoms with Crippen molar-refractivity contribution in [1.82, 2.24) is 0 Å². The van der Waals surface area contributed by atoms with Crippen LogP contribution in [0.1, 0.15) is 41.6 Å². The van der Waals surface area contributed by atoms with Crippen molar-refractivity contribution in [2.45, 2.75) is 32.6 Å². The summed E-state index contributed by atoms with van der Waals surface area (Å²) in [5.74, 6) is -1.48. The predicted molar refractivity (Wildman–Crippen MR) is 120 cm³/mol. The second-order valence-corrected chi connectivity index (χ2v) is 8.94. The highest BCUT2D eigenvalue weighted by molar-refractivity contribution is 7.10. The van der Waals surface area contributed by atoms with Crippen LogP contribution in [-0.2, 0) is 16.6 Å². The predicted octanol–water partition coefficient (Wildman–Crippen LogP) is 5.65. The van der Waals surface area contributed by atoms with Crippen molar-refractivity contribution in [2.75, 3.05) is 5.32 Å². The van der Waals surface area contributed by atoms with Crippen LogP contribution in [0.2, 0.25) is 0 Å². The number of hydrogen-bond acceptors (Lipinski definition) is 3. The average molecular weight is 423 g/mol. The normalized spacial score (nSPS) is 11.9. The van der Waals surface area contributed by atoms with Crippen molar-refractivity contribution in [3.8, 4) is 0 Å². The SMILES string of the molecule is CC(C)(C)c1ccc(C(=O)N=C(Cc2cccs2)C(=O)Nc2cccc(F)c2)cc1. The standard InChI is InChI=1S/C24H23FN2O2S/c1-24(2,3)17-11-9-16(10-12-17)22(28)27-21(15-20-8-5-13-30-20)23(29)26-19-7-4-6-18(25)14-19/h4-14H,15H2,1-3H3,(H,26,29). The van der Waals surface area contributed by atoms with Gasteiger partial charge in [-0.15, -0.1) is 11.3 Å². The summed E-state index contributed by atoms with van der Waals surface area (Å²) in [6, 6.07) is 16.6. The van der Waals surface area contributed by atoms with E-state index in [-0.39, 0.29) is 17.5 Å². The summed E-state index contributed by atoms with van der Waals surface area (Å²) >= 11 is 1.47. The zero-order valence-electron chi connectivity index (χ0n) is 17.1. The van der Waals surface area contributed by atoms with Gasteiger partial charge in [0.15, 0.2) is 0 Å². The van der Waals surface area contributed by atoms with E-state index in [1.165, 1.54) is 29.5 Å². The van der Waals surface area contributed by atoms with E-state index in [1.54, 1.807) is 18.2 Å². The lowest BCUT2D eigenvalue weighted by atomic mass is 9.87. The Balaban J connectivity index is 1.86. The second-order valence-electron chi connectivity index (χ2n) is 7.91. The Morgan fingerprint density at radius 2 is 1.77 bits per heavy atom. The molecule has 30 heavy (non-hydrogen) atoms. The quantitative estimate of drug-likeness (QED) is 0.540. The molecule has 1 aromatic heterocycles. The molecule has 0 aliphatic heterocycles. The lowest BCUT2D eigenvalue weighted by Crippen LogP contribution is -2.26. The molecule has 0 saturated carbocycles. The van der Waals surface area contributed by atoms with Crippen LogP contribution in [0.4, 0.5) is 10.1 Å². The zero-order valence-corrected chi connectivity index (χ0v) is 17.9. The minimum Gasteiger partial charge on any atom is -0.321 e. The number of nitrogens with one attached hydrogen (secondary N) is 1. The first-order valence-corrected chi connectivity index (χ1v) is 10.4. The second kappa shape index (κ2) is 9.13. The first-order valence-electron chi connectivity index (χ1n) is 9.54. The van der Waals surface area contributed by atoms with Gasteiger partial charge in [0.1, 0.15) is 11.5 Å². The molecule has 1 heterocycles. The van der Waals surface area contributed by atoms with E-state index in [2.05, 4.69) is 31.1 Å². The number of rotatable bonds is 5. The van der Waals surface area contributed by atoms with Gasteiger partial charge in [-0.25, -0.2) is 9.38 Å². The van der Waals surface area contributed by atoms with Gasteiger partial charge < -0.3 is 5.32 Å². The maximum Gasteiger partial charge on any atom is 0.277 e. The molecule has 0 aliphatic rings. The van der Waals surface area contributed by atoms with Gasteiger partial charge in [-0.1, -0.05) is 45.0 Å². The Labute approximate surface area is 179 Å². The molecule has 154 valence electrons. The van der Waals surface area contributed by atoms with Crippen molar-refractivity contribution in [1.29, 1.82) is 0 Å². The third kappa shape index (κ3) is 5.70. The number of carbonyl (C=O) groups is 2. The van der Waals surface area contributed by atoms with Crippen LogP contribution in [0.25, 0.3) is 0 Å². The smallest absolute Gasteiger partial charge is 0.277 e. The minimum absolute atomic E-state index is 0.0278. The number of hydrogen-bond donors (Lipinski definition) is 1. The molecule has 0 spiro atoms. The fraction of sp³-hybridized carbons (Fsp3) is 0.208. The summed E-state index contributed by atoms with van der Waals surface area (Å²) in [5, 5.41) is 4.52. The molecule has 0 atom stereocenters. The Morgan fingerprint density at radius 3 is 2.37 bits per heavy atom. The van der Waals surface area contributed by atoms with Crippen LogP contribution in [0.3, 0.4) is 0 Å². The molecule has 6 heteroatoms. The molecule has 0 saturated heterocycles. The van der Waals surface area contributed by atoms with Crippen molar-refractivity contribution in [2.24, 2.45) is 4.99 Å². The number of aliphatic imine (C=N–C) groups is 1. The van der Waals surface area contributed by atoms with Gasteiger partial charge in [0, 0.05) is 22.5 Å². The Kier molecular flexibility index (Phi) is 6.57. The van der Waals surface area contributed by atoms with E-state index >= 15 is 0 Å². The summed E-state index contributed by atoms with van der Waals surface area (Å²) in [6.07, 6.45) is 0.213. The van der Waals surface area contributed by atoms with Crippen LogP contribution in [0.15, 0.2) is 71.0 Å². The van der Waals surface area contributed by atoms with E-state index in [1.807, 2.05) is 29.6 Å². The Hall–Kier alpha value is -3.12. The van der Waals surface area contributed by atoms with Gasteiger partial charge in [-0.3, -0.25) is 9.59 Å². The van der Waals surface area contributed by atoms with E-state index in [4.69, 9.17) is 0 Å². The van der Waals surface area contributed by atoms with Crippen LogP contribution in [-0.4, -0.2) is 17.5 Å². The molecule has 4 nitrogen and oxygen atoms in total. The highest BCUT2D eigenvalue weighted by Gasteiger charge is 2.18. The molecular weight excluding hydrogens is 399 g/mol. The number of nitrogens with zero attached hydrogens (tertiary/aromatic N) is 1. The summed E-state index contributed by atoms with van der Waals surface area (Å²) in [4.78, 5) is 30.5. The number of halogens is 1. The molecule has 2 aromatic carbocycles. The Bertz CT molecular complexity index is 1070. The summed E-state index contributed by atoms with van der Waals surface area (Å²) < 4.78 is 13.4. The van der Waals surface area contributed by atoms with E-state index in [9.17, 15) is 14.0 Å². The molecule has 0 unspecified atom stereocenters. The number of benzene rings is 2. The summed E-state index contributed by atoms with van der Waals surface area (Å²) in [6.45, 7) is 6.29. The fourth-order valence-electron chi connectivity index (χ4n) is 2.82. The van der Waals surface area contributed by atoms with E-state index < -0.39 is 17.6 Å². The van der Waals surface area contributed by atoms with Gasteiger partial charge >= 0.3 is 0 Å². The van der Waals surface area contributed by atoms with E-state index in [0.29, 0.717) is 11.3 Å². The van der Waals surface area contributed by atoms with Crippen molar-refractivity contribution >= 4 is 34.6 Å². The molecule has 2 amide bonds. The zero-order chi connectivity index (χ0) is 21.7. The minimum atomic E-state index is -0.534. The molecule has 0 bridgehead atoms. The van der Waals surface area contributed by atoms with Gasteiger partial charge in [0.25, 0.3) is 11.8 Å². The van der Waals surface area contributed by atoms with Crippen molar-refractivity contribution < 1.29 is 14.0 Å². The highest BCUT2D eigenvalue weighted by atomic mass is 32.1. The third-order valence-corrected chi connectivity index (χ3v) is 5.38. The first kappa shape index (κ1) is 21.6. The third-order valence-electron chi connectivity index (χ3n) is 4.50. The number of carbonyl (C=O) groups excluding carboxylic acids is 2. The van der Waals surface area contributed by atoms with Crippen molar-refractivity contribution in [3.05, 3.63) is 87.9 Å². The van der Waals surface area contributed by atoms with Crippen LogP contribution in [0, 0.1) is 5.82 Å². The number of amides is 2. The van der Waals surface area contributed by atoms with Gasteiger partial charge in [0.05, 0.1) is 0 Å². The summed E-state index contributed by atoms with van der Waals surface area (Å²) in [7, 11) is 0. The van der Waals surface area contributed by atoms with Crippen LogP contribution < -0.4 is 5.32 Å². The lowest BCUT2D eigenvalue weighted by Gasteiger charge is -2.18. The number of anilines is 1. The van der Waals surface area contributed by atoms with E-state index in [0.717, 1.165) is 10.4 Å².